The lowest BCUT2D eigenvalue weighted by Gasteiger charge is -2.27. The van der Waals surface area contributed by atoms with Gasteiger partial charge in [0.25, 0.3) is 5.91 Å². The van der Waals surface area contributed by atoms with Gasteiger partial charge in [-0.2, -0.15) is 0 Å². The number of hydrazine groups is 1. The fourth-order valence-corrected chi connectivity index (χ4v) is 1.16. The first-order valence-electron chi connectivity index (χ1n) is 4.47. The predicted molar refractivity (Wildman–Crippen MR) is 54.6 cm³/mol. The summed E-state index contributed by atoms with van der Waals surface area (Å²) in [5.41, 5.74) is 7.84. The summed E-state index contributed by atoms with van der Waals surface area (Å²) in [5.74, 6) is -0.337. The molecule has 6 heteroatoms. The molecule has 0 radical (unpaired) electrons. The summed E-state index contributed by atoms with van der Waals surface area (Å²) in [5, 5.41) is 1.36. The Morgan fingerprint density at radius 3 is 2.71 bits per heavy atom. The maximum absolute atomic E-state index is 11.2. The summed E-state index contributed by atoms with van der Waals surface area (Å²) >= 11 is 0. The van der Waals surface area contributed by atoms with E-state index in [0.717, 1.165) is 12.8 Å². The van der Waals surface area contributed by atoms with E-state index in [-0.39, 0.29) is 24.2 Å². The Kier molecular flexibility index (Phi) is 5.49. The van der Waals surface area contributed by atoms with Crippen LogP contribution in [0.3, 0.4) is 0 Å². The van der Waals surface area contributed by atoms with E-state index in [9.17, 15) is 9.59 Å². The molecule has 3 N–H and O–H groups in total. The SMILES string of the molecule is CC(N)C(=O)NN1CCCCC1=O.Cl. The van der Waals surface area contributed by atoms with Crippen LogP contribution in [-0.4, -0.2) is 29.4 Å². The van der Waals surface area contributed by atoms with E-state index in [1.54, 1.807) is 6.92 Å². The van der Waals surface area contributed by atoms with E-state index in [0.29, 0.717) is 13.0 Å². The minimum Gasteiger partial charge on any atom is -0.320 e. The van der Waals surface area contributed by atoms with Crippen LogP contribution in [0.1, 0.15) is 26.2 Å². The molecule has 1 unspecified atom stereocenters. The summed E-state index contributed by atoms with van der Waals surface area (Å²) in [6, 6.07) is -0.574. The van der Waals surface area contributed by atoms with E-state index in [1.165, 1.54) is 5.01 Å². The van der Waals surface area contributed by atoms with Crippen molar-refractivity contribution in [2.24, 2.45) is 5.73 Å². The third-order valence-electron chi connectivity index (χ3n) is 1.98. The van der Waals surface area contributed by atoms with Gasteiger partial charge in [0.2, 0.25) is 5.91 Å². The van der Waals surface area contributed by atoms with Crippen LogP contribution >= 0.6 is 12.4 Å². The molecule has 1 aliphatic rings. The van der Waals surface area contributed by atoms with Gasteiger partial charge in [-0.3, -0.25) is 20.0 Å². The van der Waals surface area contributed by atoms with Crippen molar-refractivity contribution < 1.29 is 9.59 Å². The van der Waals surface area contributed by atoms with Gasteiger partial charge in [-0.1, -0.05) is 0 Å². The van der Waals surface area contributed by atoms with Crippen molar-refractivity contribution in [3.05, 3.63) is 0 Å². The smallest absolute Gasteiger partial charge is 0.255 e. The third kappa shape index (κ3) is 3.51. The number of nitrogens with zero attached hydrogens (tertiary/aromatic N) is 1. The van der Waals surface area contributed by atoms with Crippen LogP contribution in [0.15, 0.2) is 0 Å². The highest BCUT2D eigenvalue weighted by Crippen LogP contribution is 2.07. The Morgan fingerprint density at radius 1 is 1.57 bits per heavy atom. The Balaban J connectivity index is 0.00000169. The second-order valence-corrected chi connectivity index (χ2v) is 3.27. The van der Waals surface area contributed by atoms with Crippen molar-refractivity contribution in [3.8, 4) is 0 Å². The van der Waals surface area contributed by atoms with Gasteiger partial charge in [0, 0.05) is 13.0 Å². The van der Waals surface area contributed by atoms with Gasteiger partial charge in [-0.05, 0) is 19.8 Å². The van der Waals surface area contributed by atoms with E-state index in [1.807, 2.05) is 0 Å². The maximum atomic E-state index is 11.2. The fourth-order valence-electron chi connectivity index (χ4n) is 1.16. The lowest BCUT2D eigenvalue weighted by molar-refractivity contribution is -0.143. The van der Waals surface area contributed by atoms with E-state index >= 15 is 0 Å². The van der Waals surface area contributed by atoms with Crippen molar-refractivity contribution in [3.63, 3.8) is 0 Å². The Hall–Kier alpha value is -0.810. The predicted octanol–water partition coefficient (Wildman–Crippen LogP) is -0.201. The number of amides is 2. The molecule has 1 heterocycles. The minimum atomic E-state index is -0.574. The van der Waals surface area contributed by atoms with Gasteiger partial charge in [-0.15, -0.1) is 12.4 Å². The normalized spacial score (nSPS) is 18.4. The number of nitrogens with one attached hydrogen (secondary N) is 1. The summed E-state index contributed by atoms with van der Waals surface area (Å²) < 4.78 is 0. The second kappa shape index (κ2) is 5.82. The Morgan fingerprint density at radius 2 is 2.21 bits per heavy atom. The number of rotatable bonds is 2. The van der Waals surface area contributed by atoms with Crippen LogP contribution in [0.25, 0.3) is 0 Å². The van der Waals surface area contributed by atoms with Gasteiger partial charge in [-0.25, -0.2) is 0 Å². The molecule has 14 heavy (non-hydrogen) atoms. The van der Waals surface area contributed by atoms with Crippen LogP contribution in [0.2, 0.25) is 0 Å². The summed E-state index contributed by atoms with van der Waals surface area (Å²) in [4.78, 5) is 22.3. The van der Waals surface area contributed by atoms with Crippen LogP contribution in [-0.2, 0) is 9.59 Å². The zero-order valence-corrected chi connectivity index (χ0v) is 8.97. The summed E-state index contributed by atoms with van der Waals surface area (Å²) in [7, 11) is 0. The van der Waals surface area contributed by atoms with Gasteiger partial charge in [0.1, 0.15) is 0 Å². The maximum Gasteiger partial charge on any atom is 0.255 e. The molecule has 0 aliphatic carbocycles. The van der Waals surface area contributed by atoms with E-state index in [4.69, 9.17) is 5.73 Å². The van der Waals surface area contributed by atoms with Crippen LogP contribution in [0, 0.1) is 0 Å². The zero-order valence-electron chi connectivity index (χ0n) is 8.16. The van der Waals surface area contributed by atoms with Crippen molar-refractivity contribution in [2.45, 2.75) is 32.2 Å². The van der Waals surface area contributed by atoms with Crippen molar-refractivity contribution >= 4 is 24.2 Å². The van der Waals surface area contributed by atoms with Gasteiger partial charge < -0.3 is 5.73 Å². The standard InChI is InChI=1S/C8H15N3O2.ClH/c1-6(9)8(13)10-11-5-3-2-4-7(11)12;/h6H,2-5,9H2,1H3,(H,10,13);1H. The topological polar surface area (TPSA) is 75.4 Å². The number of carbonyl (C=O) groups excluding carboxylic acids is 2. The molecule has 2 amide bonds. The molecule has 0 aromatic heterocycles. The molecular weight excluding hydrogens is 206 g/mol. The molecule has 0 spiro atoms. The lowest BCUT2D eigenvalue weighted by Crippen LogP contribution is -2.52. The number of hydrogen-bond acceptors (Lipinski definition) is 3. The molecule has 0 aromatic rings. The lowest BCUT2D eigenvalue weighted by atomic mass is 10.1. The molecule has 0 aromatic carbocycles. The van der Waals surface area contributed by atoms with E-state index in [2.05, 4.69) is 5.43 Å². The monoisotopic (exact) mass is 221 g/mol. The molecule has 1 fully saturated rings. The number of carbonyl (C=O) groups is 2. The largest absolute Gasteiger partial charge is 0.320 e. The molecule has 0 saturated carbocycles. The van der Waals surface area contributed by atoms with Gasteiger partial charge in [0.15, 0.2) is 0 Å². The third-order valence-corrected chi connectivity index (χ3v) is 1.98. The average Bonchev–Trinajstić information content (AvgIpc) is 2.08. The highest BCUT2D eigenvalue weighted by molar-refractivity contribution is 5.85. The highest BCUT2D eigenvalue weighted by Gasteiger charge is 2.20. The first kappa shape index (κ1) is 13.2. The molecule has 1 rings (SSSR count). The van der Waals surface area contributed by atoms with Crippen LogP contribution in [0.5, 0.6) is 0 Å². The quantitative estimate of drug-likeness (QED) is 0.678. The molecular formula is C8H16ClN3O2. The molecule has 1 atom stereocenters. The molecule has 1 aliphatic heterocycles. The van der Waals surface area contributed by atoms with Gasteiger partial charge >= 0.3 is 0 Å². The Bertz CT molecular complexity index is 221. The molecule has 5 nitrogen and oxygen atoms in total. The second-order valence-electron chi connectivity index (χ2n) is 3.27. The van der Waals surface area contributed by atoms with Crippen molar-refractivity contribution in [1.29, 1.82) is 0 Å². The van der Waals surface area contributed by atoms with Crippen molar-refractivity contribution in [2.75, 3.05) is 6.54 Å². The minimum absolute atomic E-state index is 0. The van der Waals surface area contributed by atoms with Gasteiger partial charge in [0.05, 0.1) is 6.04 Å². The highest BCUT2D eigenvalue weighted by atomic mass is 35.5. The van der Waals surface area contributed by atoms with Crippen LogP contribution < -0.4 is 11.2 Å². The van der Waals surface area contributed by atoms with Crippen molar-refractivity contribution in [1.82, 2.24) is 10.4 Å². The molecule has 82 valence electrons. The molecule has 1 saturated heterocycles. The number of nitrogens with two attached hydrogens (primary N) is 1. The average molecular weight is 222 g/mol. The first-order valence-corrected chi connectivity index (χ1v) is 4.47. The summed E-state index contributed by atoms with van der Waals surface area (Å²) in [6.45, 7) is 2.18. The number of piperidine rings is 1. The molecule has 0 bridgehead atoms. The Labute approximate surface area is 89.4 Å². The summed E-state index contributed by atoms with van der Waals surface area (Å²) in [6.07, 6.45) is 2.35. The first-order chi connectivity index (χ1) is 6.11. The fraction of sp³-hybridized carbons (Fsp3) is 0.750. The van der Waals surface area contributed by atoms with E-state index < -0.39 is 6.04 Å². The number of halogens is 1. The zero-order chi connectivity index (χ0) is 9.84. The van der Waals surface area contributed by atoms with Crippen LogP contribution in [0.4, 0.5) is 0 Å². The number of hydrogen-bond donors (Lipinski definition) is 2.